The minimum atomic E-state index is -4.82. The summed E-state index contributed by atoms with van der Waals surface area (Å²) in [4.78, 5) is 36.0. The maximum Gasteiger partial charge on any atom is 0.573 e. The Labute approximate surface area is 176 Å². The molecule has 0 saturated heterocycles. The number of hydrogen-bond donors (Lipinski definition) is 1. The number of carbonyl (C=O) groups excluding carboxylic acids is 2. The molecule has 0 unspecified atom stereocenters. The fraction of sp³-hybridized carbons (Fsp3) is 0.222. The maximum atomic E-state index is 12.1. The quantitative estimate of drug-likeness (QED) is 0.518. The monoisotopic (exact) mass is 457 g/mol. The zero-order chi connectivity index (χ0) is 22.4. The zero-order valence-electron chi connectivity index (χ0n) is 15.5. The number of hydrogen-bond acceptors (Lipinski definition) is 8. The van der Waals surface area contributed by atoms with Gasteiger partial charge in [-0.05, 0) is 35.7 Å². The van der Waals surface area contributed by atoms with Crippen molar-refractivity contribution in [1.82, 2.24) is 9.78 Å². The first-order valence-electron chi connectivity index (χ1n) is 8.63. The van der Waals surface area contributed by atoms with Crippen molar-refractivity contribution in [1.29, 1.82) is 0 Å². The lowest BCUT2D eigenvalue weighted by molar-refractivity contribution is -0.274. The number of aryl methyl sites for hydroxylation is 1. The Bertz CT molecular complexity index is 1090. The Morgan fingerprint density at radius 3 is 2.58 bits per heavy atom. The molecule has 1 N–H and O–H groups in total. The van der Waals surface area contributed by atoms with Crippen LogP contribution in [0.1, 0.15) is 6.42 Å². The summed E-state index contributed by atoms with van der Waals surface area (Å²) < 4.78 is 50.9. The largest absolute Gasteiger partial charge is 0.573 e. The smallest absolute Gasteiger partial charge is 0.456 e. The summed E-state index contributed by atoms with van der Waals surface area (Å²) in [7, 11) is 0. The molecule has 31 heavy (non-hydrogen) atoms. The summed E-state index contributed by atoms with van der Waals surface area (Å²) in [6.07, 6.45) is -5.05. The number of carbonyl (C=O) groups is 2. The van der Waals surface area contributed by atoms with Gasteiger partial charge in [-0.1, -0.05) is 6.07 Å². The molecule has 9 nitrogen and oxygen atoms in total. The first-order chi connectivity index (χ1) is 14.7. The number of nitrogens with zero attached hydrogens (tertiary/aromatic N) is 2. The molecule has 2 heterocycles. The molecule has 164 valence electrons. The zero-order valence-corrected chi connectivity index (χ0v) is 16.4. The third-order valence-electron chi connectivity index (χ3n) is 3.60. The Hall–Kier alpha value is -3.61. The van der Waals surface area contributed by atoms with Gasteiger partial charge >= 0.3 is 18.1 Å². The number of rotatable bonds is 8. The SMILES string of the molecule is O=C(COC(=O)CCn1nc(-c2cccs2)oc1=O)Nc1ccc(OC(F)(F)F)cc1. The minimum Gasteiger partial charge on any atom is -0.456 e. The van der Waals surface area contributed by atoms with E-state index in [1.165, 1.54) is 23.5 Å². The molecule has 0 atom stereocenters. The van der Waals surface area contributed by atoms with E-state index < -0.39 is 36.4 Å². The lowest BCUT2D eigenvalue weighted by Gasteiger charge is -2.10. The van der Waals surface area contributed by atoms with E-state index in [-0.39, 0.29) is 24.5 Å². The fourth-order valence-electron chi connectivity index (χ4n) is 2.30. The van der Waals surface area contributed by atoms with E-state index in [4.69, 9.17) is 9.15 Å². The molecule has 13 heteroatoms. The molecule has 1 amide bonds. The van der Waals surface area contributed by atoms with Crippen molar-refractivity contribution < 1.29 is 36.7 Å². The summed E-state index contributed by atoms with van der Waals surface area (Å²) in [5.41, 5.74) is 0.186. The van der Waals surface area contributed by atoms with E-state index in [0.29, 0.717) is 4.88 Å². The van der Waals surface area contributed by atoms with Crippen LogP contribution in [-0.2, 0) is 20.9 Å². The molecule has 0 radical (unpaired) electrons. The third kappa shape index (κ3) is 6.70. The second-order valence-corrected chi connectivity index (χ2v) is 6.85. The van der Waals surface area contributed by atoms with Gasteiger partial charge in [-0.15, -0.1) is 29.6 Å². The highest BCUT2D eigenvalue weighted by atomic mass is 32.1. The van der Waals surface area contributed by atoms with Crippen molar-refractivity contribution in [2.45, 2.75) is 19.3 Å². The Kier molecular flexibility index (Phi) is 6.74. The molecule has 0 bridgehead atoms. The van der Waals surface area contributed by atoms with Gasteiger partial charge in [0.25, 0.3) is 11.8 Å². The minimum absolute atomic E-state index is 0.102. The van der Waals surface area contributed by atoms with Crippen LogP contribution in [-0.4, -0.2) is 34.6 Å². The number of anilines is 1. The summed E-state index contributed by atoms with van der Waals surface area (Å²) in [5, 5.41) is 8.13. The van der Waals surface area contributed by atoms with E-state index >= 15 is 0 Å². The number of esters is 1. The van der Waals surface area contributed by atoms with Crippen LogP contribution >= 0.6 is 11.3 Å². The molecule has 0 aliphatic rings. The van der Waals surface area contributed by atoms with Gasteiger partial charge < -0.3 is 19.2 Å². The number of halogens is 3. The van der Waals surface area contributed by atoms with Crippen molar-refractivity contribution in [3.05, 3.63) is 52.3 Å². The molecule has 0 aliphatic heterocycles. The Morgan fingerprint density at radius 2 is 1.94 bits per heavy atom. The molecular formula is C18H14F3N3O6S. The maximum absolute atomic E-state index is 12.1. The van der Waals surface area contributed by atoms with Crippen molar-refractivity contribution in [2.24, 2.45) is 0 Å². The van der Waals surface area contributed by atoms with Crippen LogP contribution in [0.3, 0.4) is 0 Å². The molecule has 0 fully saturated rings. The first-order valence-corrected chi connectivity index (χ1v) is 9.51. The number of alkyl halides is 3. The van der Waals surface area contributed by atoms with E-state index in [0.717, 1.165) is 16.8 Å². The van der Waals surface area contributed by atoms with Crippen LogP contribution < -0.4 is 15.8 Å². The van der Waals surface area contributed by atoms with E-state index in [1.54, 1.807) is 17.5 Å². The summed E-state index contributed by atoms with van der Waals surface area (Å²) >= 11 is 1.34. The Morgan fingerprint density at radius 1 is 1.19 bits per heavy atom. The van der Waals surface area contributed by atoms with Crippen molar-refractivity contribution >= 4 is 28.9 Å². The molecule has 0 aliphatic carbocycles. The lowest BCUT2D eigenvalue weighted by atomic mass is 10.3. The van der Waals surface area contributed by atoms with Gasteiger partial charge in [0, 0.05) is 5.69 Å². The van der Waals surface area contributed by atoms with Crippen LogP contribution in [0.2, 0.25) is 0 Å². The van der Waals surface area contributed by atoms with Crippen molar-refractivity contribution in [3.8, 4) is 16.5 Å². The Balaban J connectivity index is 1.42. The molecule has 1 aromatic carbocycles. The molecule has 0 spiro atoms. The van der Waals surface area contributed by atoms with Gasteiger partial charge in [-0.2, -0.15) is 4.68 Å². The molecular weight excluding hydrogens is 443 g/mol. The summed E-state index contributed by atoms with van der Waals surface area (Å²) in [6.45, 7) is -0.720. The van der Waals surface area contributed by atoms with Gasteiger partial charge in [-0.3, -0.25) is 9.59 Å². The van der Waals surface area contributed by atoms with Crippen LogP contribution in [0.25, 0.3) is 10.8 Å². The highest BCUT2D eigenvalue weighted by Gasteiger charge is 2.31. The number of thiophene rings is 1. The molecule has 0 saturated carbocycles. The number of benzene rings is 1. The van der Waals surface area contributed by atoms with Crippen LogP contribution in [0, 0.1) is 0 Å². The van der Waals surface area contributed by atoms with E-state index in [1.807, 2.05) is 0 Å². The average Bonchev–Trinajstić information content (AvgIpc) is 3.35. The molecule has 3 aromatic rings. The second-order valence-electron chi connectivity index (χ2n) is 5.90. The lowest BCUT2D eigenvalue weighted by Crippen LogP contribution is -2.23. The standard InChI is InChI=1S/C18H14F3N3O6S/c19-18(20,21)30-12-5-3-11(4-6-12)22-14(25)10-28-15(26)7-8-24-17(27)29-16(23-24)13-2-1-9-31-13/h1-6,9H,7-8,10H2,(H,22,25). The van der Waals surface area contributed by atoms with Crippen molar-refractivity contribution in [3.63, 3.8) is 0 Å². The predicted octanol–water partition coefficient (Wildman–Crippen LogP) is 3.04. The van der Waals surface area contributed by atoms with Crippen molar-refractivity contribution in [2.75, 3.05) is 11.9 Å². The normalized spacial score (nSPS) is 11.2. The number of nitrogens with one attached hydrogen (secondary N) is 1. The third-order valence-corrected chi connectivity index (χ3v) is 4.46. The van der Waals surface area contributed by atoms with Gasteiger partial charge in [0.2, 0.25) is 0 Å². The van der Waals surface area contributed by atoms with Gasteiger partial charge in [0.1, 0.15) is 5.75 Å². The first kappa shape index (κ1) is 22.1. The summed E-state index contributed by atoms with van der Waals surface area (Å²) in [5.74, 6) is -2.48. The second kappa shape index (κ2) is 9.47. The van der Waals surface area contributed by atoms with Crippen LogP contribution in [0.5, 0.6) is 5.75 Å². The number of ether oxygens (including phenoxy) is 2. The van der Waals surface area contributed by atoms with Gasteiger partial charge in [0.05, 0.1) is 17.8 Å². The topological polar surface area (TPSA) is 113 Å². The van der Waals surface area contributed by atoms with E-state index in [2.05, 4.69) is 15.2 Å². The van der Waals surface area contributed by atoms with E-state index in [9.17, 15) is 27.6 Å². The highest BCUT2D eigenvalue weighted by Crippen LogP contribution is 2.24. The van der Waals surface area contributed by atoms with Crippen LogP contribution in [0.15, 0.2) is 51.0 Å². The van der Waals surface area contributed by atoms with Gasteiger partial charge in [-0.25, -0.2) is 4.79 Å². The highest BCUT2D eigenvalue weighted by molar-refractivity contribution is 7.13. The number of amides is 1. The van der Waals surface area contributed by atoms with Crippen LogP contribution in [0.4, 0.5) is 18.9 Å². The predicted molar refractivity (Wildman–Crippen MR) is 101 cm³/mol. The van der Waals surface area contributed by atoms with Gasteiger partial charge in [0.15, 0.2) is 6.61 Å². The molecule has 2 aromatic heterocycles. The summed E-state index contributed by atoms with van der Waals surface area (Å²) in [6, 6.07) is 7.94. The number of aromatic nitrogens is 2. The fourth-order valence-corrected chi connectivity index (χ4v) is 2.94. The average molecular weight is 457 g/mol. The molecule has 3 rings (SSSR count).